The van der Waals surface area contributed by atoms with Gasteiger partial charge < -0.3 is 9.73 Å². The number of piperidine rings is 3. The van der Waals surface area contributed by atoms with Gasteiger partial charge in [0.05, 0.1) is 6.26 Å². The van der Waals surface area contributed by atoms with Crippen molar-refractivity contribution in [2.24, 2.45) is 5.92 Å². The largest absolute Gasteiger partial charge is 0.464 e. The number of fused-ring (bicyclic) bond motifs is 4. The third-order valence-electron chi connectivity index (χ3n) is 5.90. The van der Waals surface area contributed by atoms with Crippen LogP contribution in [-0.2, 0) is 0 Å². The molecule has 1 amide bonds. The van der Waals surface area contributed by atoms with E-state index in [1.54, 1.807) is 6.26 Å². The zero-order valence-corrected chi connectivity index (χ0v) is 14.1. The minimum Gasteiger partial charge on any atom is -0.464 e. The second-order valence-electron chi connectivity index (χ2n) is 7.56. The zero-order chi connectivity index (χ0) is 16.2. The second kappa shape index (κ2) is 5.10. The molecule has 5 rings (SSSR count). The van der Waals surface area contributed by atoms with Gasteiger partial charge in [-0.2, -0.15) is 0 Å². The van der Waals surface area contributed by atoms with E-state index in [9.17, 15) is 4.79 Å². The maximum atomic E-state index is 12.8. The minimum atomic E-state index is 0.0272. The van der Waals surface area contributed by atoms with E-state index in [-0.39, 0.29) is 17.5 Å². The van der Waals surface area contributed by atoms with Gasteiger partial charge in [0.15, 0.2) is 0 Å². The Hall–Kier alpha value is -1.81. The standard InChI is InChI=1S/C19H24N2O2/c1-12-11-23-16-5-4-14(10-15(12)16)18(22)20-17-13-6-8-21(9-7-13)19(17,2)3/h4-5,10-11,13,17H,6-9H2,1-3H3,(H,20,22)/t17-/m0/s1. The molecule has 3 aliphatic heterocycles. The van der Waals surface area contributed by atoms with Crippen LogP contribution in [0.15, 0.2) is 28.9 Å². The van der Waals surface area contributed by atoms with Crippen molar-refractivity contribution in [1.82, 2.24) is 10.2 Å². The van der Waals surface area contributed by atoms with Crippen molar-refractivity contribution < 1.29 is 9.21 Å². The Balaban J connectivity index is 1.60. The summed E-state index contributed by atoms with van der Waals surface area (Å²) in [7, 11) is 0. The summed E-state index contributed by atoms with van der Waals surface area (Å²) in [5, 5.41) is 4.34. The fourth-order valence-electron chi connectivity index (χ4n) is 4.40. The van der Waals surface area contributed by atoms with E-state index in [4.69, 9.17) is 4.42 Å². The van der Waals surface area contributed by atoms with E-state index in [1.165, 1.54) is 12.8 Å². The average molecular weight is 312 g/mol. The Morgan fingerprint density at radius 2 is 2.04 bits per heavy atom. The summed E-state index contributed by atoms with van der Waals surface area (Å²) in [4.78, 5) is 15.3. The van der Waals surface area contributed by atoms with E-state index in [0.29, 0.717) is 11.5 Å². The molecule has 0 saturated carbocycles. The molecule has 1 N–H and O–H groups in total. The molecule has 1 aromatic carbocycles. The molecule has 2 aromatic rings. The number of rotatable bonds is 2. The number of carbonyl (C=O) groups is 1. The van der Waals surface area contributed by atoms with Gasteiger partial charge in [-0.25, -0.2) is 0 Å². The number of amides is 1. The zero-order valence-electron chi connectivity index (χ0n) is 14.1. The summed E-state index contributed by atoms with van der Waals surface area (Å²) in [5.74, 6) is 0.623. The summed E-state index contributed by atoms with van der Waals surface area (Å²) in [6.45, 7) is 8.83. The molecule has 4 heteroatoms. The SMILES string of the molecule is Cc1coc2ccc(C(=O)N[C@H]3C4CCN(CC4)C3(C)C)cc12. The summed E-state index contributed by atoms with van der Waals surface area (Å²) in [5.41, 5.74) is 2.65. The van der Waals surface area contributed by atoms with Crippen molar-refractivity contribution in [3.8, 4) is 0 Å². The molecule has 23 heavy (non-hydrogen) atoms. The van der Waals surface area contributed by atoms with Crippen LogP contribution in [0.25, 0.3) is 11.0 Å². The predicted octanol–water partition coefficient (Wildman–Crippen LogP) is 3.34. The molecule has 1 aromatic heterocycles. The average Bonchev–Trinajstić information content (AvgIpc) is 2.92. The van der Waals surface area contributed by atoms with E-state index in [0.717, 1.165) is 29.6 Å². The highest BCUT2D eigenvalue weighted by Crippen LogP contribution is 2.39. The van der Waals surface area contributed by atoms with Gasteiger partial charge >= 0.3 is 0 Å². The predicted molar refractivity (Wildman–Crippen MR) is 90.6 cm³/mol. The Bertz CT molecular complexity index is 754. The molecule has 0 unspecified atom stereocenters. The molecule has 4 nitrogen and oxygen atoms in total. The van der Waals surface area contributed by atoms with Crippen LogP contribution >= 0.6 is 0 Å². The number of furan rings is 1. The van der Waals surface area contributed by atoms with Gasteiger partial charge in [-0.3, -0.25) is 9.69 Å². The lowest BCUT2D eigenvalue weighted by Crippen LogP contribution is -2.69. The van der Waals surface area contributed by atoms with Crippen LogP contribution in [0.3, 0.4) is 0 Å². The maximum Gasteiger partial charge on any atom is 0.251 e. The van der Waals surface area contributed by atoms with Crippen LogP contribution in [0.2, 0.25) is 0 Å². The lowest BCUT2D eigenvalue weighted by atomic mass is 9.72. The van der Waals surface area contributed by atoms with Crippen molar-refractivity contribution >= 4 is 16.9 Å². The van der Waals surface area contributed by atoms with E-state index >= 15 is 0 Å². The quantitative estimate of drug-likeness (QED) is 0.925. The second-order valence-corrected chi connectivity index (χ2v) is 7.56. The molecular formula is C19H24N2O2. The van der Waals surface area contributed by atoms with Gasteiger partial charge in [0.2, 0.25) is 0 Å². The Labute approximate surface area is 136 Å². The van der Waals surface area contributed by atoms with Crippen LogP contribution in [-0.4, -0.2) is 35.5 Å². The van der Waals surface area contributed by atoms with Gasteiger partial charge in [-0.15, -0.1) is 0 Å². The topological polar surface area (TPSA) is 45.5 Å². The maximum absolute atomic E-state index is 12.8. The van der Waals surface area contributed by atoms with Crippen molar-refractivity contribution in [2.75, 3.05) is 13.1 Å². The van der Waals surface area contributed by atoms with E-state index < -0.39 is 0 Å². The molecule has 3 saturated heterocycles. The summed E-state index contributed by atoms with van der Waals surface area (Å²) < 4.78 is 5.47. The van der Waals surface area contributed by atoms with Gasteiger partial charge in [0, 0.05) is 22.5 Å². The molecule has 0 aliphatic carbocycles. The summed E-state index contributed by atoms with van der Waals surface area (Å²) in [6, 6.07) is 5.91. The lowest BCUT2D eigenvalue weighted by molar-refractivity contribution is -0.0378. The minimum absolute atomic E-state index is 0.0272. The molecule has 0 radical (unpaired) electrons. The first kappa shape index (κ1) is 14.8. The number of hydrogen-bond donors (Lipinski definition) is 1. The smallest absolute Gasteiger partial charge is 0.251 e. The van der Waals surface area contributed by atoms with E-state index in [2.05, 4.69) is 24.1 Å². The molecule has 3 aliphatic rings. The number of hydrogen-bond acceptors (Lipinski definition) is 3. The van der Waals surface area contributed by atoms with Gasteiger partial charge in [0.25, 0.3) is 5.91 Å². The number of nitrogens with zero attached hydrogens (tertiary/aromatic N) is 1. The highest BCUT2D eigenvalue weighted by molar-refractivity contribution is 5.98. The van der Waals surface area contributed by atoms with Crippen LogP contribution in [0.4, 0.5) is 0 Å². The Kier molecular flexibility index (Phi) is 3.27. The van der Waals surface area contributed by atoms with Crippen LogP contribution in [0.1, 0.15) is 42.6 Å². The van der Waals surface area contributed by atoms with Crippen LogP contribution < -0.4 is 5.32 Å². The summed E-state index contributed by atoms with van der Waals surface area (Å²) in [6.07, 6.45) is 4.12. The third-order valence-corrected chi connectivity index (χ3v) is 5.90. The van der Waals surface area contributed by atoms with Gasteiger partial charge in [0.1, 0.15) is 5.58 Å². The van der Waals surface area contributed by atoms with Crippen molar-refractivity contribution in [3.05, 3.63) is 35.6 Å². The molecule has 3 fully saturated rings. The number of nitrogens with one attached hydrogen (secondary N) is 1. The first-order chi connectivity index (χ1) is 11.0. The molecule has 1 atom stereocenters. The molecular weight excluding hydrogens is 288 g/mol. The highest BCUT2D eigenvalue weighted by atomic mass is 16.3. The number of carbonyl (C=O) groups excluding carboxylic acids is 1. The summed E-state index contributed by atoms with van der Waals surface area (Å²) >= 11 is 0. The first-order valence-electron chi connectivity index (χ1n) is 8.50. The van der Waals surface area contributed by atoms with Crippen LogP contribution in [0, 0.1) is 12.8 Å². The fraction of sp³-hybridized carbons (Fsp3) is 0.526. The number of benzene rings is 1. The monoisotopic (exact) mass is 312 g/mol. The highest BCUT2D eigenvalue weighted by Gasteiger charge is 2.48. The van der Waals surface area contributed by atoms with Crippen molar-refractivity contribution in [3.63, 3.8) is 0 Å². The van der Waals surface area contributed by atoms with Gasteiger partial charge in [-0.1, -0.05) is 0 Å². The number of aryl methyl sites for hydroxylation is 1. The molecule has 2 bridgehead atoms. The van der Waals surface area contributed by atoms with Crippen molar-refractivity contribution in [2.45, 2.75) is 45.2 Å². The first-order valence-corrected chi connectivity index (χ1v) is 8.50. The third kappa shape index (κ3) is 2.27. The lowest BCUT2D eigenvalue weighted by Gasteiger charge is -2.56. The fourth-order valence-corrected chi connectivity index (χ4v) is 4.40. The molecule has 4 heterocycles. The molecule has 0 spiro atoms. The molecule has 122 valence electrons. The Morgan fingerprint density at radius 1 is 1.30 bits per heavy atom. The van der Waals surface area contributed by atoms with Crippen molar-refractivity contribution in [1.29, 1.82) is 0 Å². The van der Waals surface area contributed by atoms with Crippen LogP contribution in [0.5, 0.6) is 0 Å². The Morgan fingerprint density at radius 3 is 2.74 bits per heavy atom. The van der Waals surface area contributed by atoms with E-state index in [1.807, 2.05) is 25.1 Å². The van der Waals surface area contributed by atoms with Gasteiger partial charge in [-0.05, 0) is 76.4 Å². The normalized spacial score (nSPS) is 28.9.